The van der Waals surface area contributed by atoms with Gasteiger partial charge in [0.15, 0.2) is 0 Å². The molecule has 128 valence electrons. The first kappa shape index (κ1) is 19.0. The summed E-state index contributed by atoms with van der Waals surface area (Å²) >= 11 is 0. The second-order valence-electron chi connectivity index (χ2n) is 5.11. The van der Waals surface area contributed by atoms with E-state index in [1.54, 1.807) is 19.1 Å². The Bertz CT molecular complexity index is 558. The Morgan fingerprint density at radius 3 is 2.39 bits per heavy atom. The molecule has 0 fully saturated rings. The molecule has 6 nitrogen and oxygen atoms in total. The lowest BCUT2D eigenvalue weighted by Gasteiger charge is -2.26. The van der Waals surface area contributed by atoms with Crippen LogP contribution in [0.2, 0.25) is 0 Å². The van der Waals surface area contributed by atoms with Crippen molar-refractivity contribution in [2.24, 2.45) is 0 Å². The van der Waals surface area contributed by atoms with E-state index >= 15 is 0 Å². The molecule has 0 aliphatic rings. The Hall–Kier alpha value is -2.08. The molecule has 0 radical (unpaired) electrons. The Morgan fingerprint density at radius 1 is 1.17 bits per heavy atom. The number of anilines is 1. The number of hydrogen-bond donors (Lipinski definition) is 1. The van der Waals surface area contributed by atoms with Gasteiger partial charge < -0.3 is 19.5 Å². The van der Waals surface area contributed by atoms with Crippen LogP contribution in [0.15, 0.2) is 18.2 Å². The van der Waals surface area contributed by atoms with Crippen molar-refractivity contribution >= 4 is 17.6 Å². The number of ether oxygens (including phenoxy) is 3. The van der Waals surface area contributed by atoms with Crippen LogP contribution in [-0.4, -0.2) is 37.8 Å². The van der Waals surface area contributed by atoms with Crippen molar-refractivity contribution in [2.45, 2.75) is 39.7 Å². The lowest BCUT2D eigenvalue weighted by atomic mass is 10.0. The number of esters is 1. The number of methoxy groups -OCH3 is 1. The van der Waals surface area contributed by atoms with E-state index in [1.165, 1.54) is 13.2 Å². The molecule has 1 N–H and O–H groups in total. The zero-order valence-electron chi connectivity index (χ0n) is 14.4. The van der Waals surface area contributed by atoms with Gasteiger partial charge in [-0.15, -0.1) is 0 Å². The van der Waals surface area contributed by atoms with Gasteiger partial charge in [-0.25, -0.2) is 4.79 Å². The molecule has 0 saturated heterocycles. The van der Waals surface area contributed by atoms with Gasteiger partial charge in [-0.2, -0.15) is 0 Å². The van der Waals surface area contributed by atoms with Gasteiger partial charge >= 0.3 is 5.97 Å². The van der Waals surface area contributed by atoms with Crippen LogP contribution in [0.25, 0.3) is 0 Å². The van der Waals surface area contributed by atoms with Crippen molar-refractivity contribution in [3.8, 4) is 5.75 Å². The molecule has 6 heteroatoms. The number of hydrogen-bond acceptors (Lipinski definition) is 5. The highest BCUT2D eigenvalue weighted by Crippen LogP contribution is 2.25. The van der Waals surface area contributed by atoms with Gasteiger partial charge in [0.1, 0.15) is 16.9 Å². The predicted octanol–water partition coefficient (Wildman–Crippen LogP) is 3.02. The lowest BCUT2D eigenvalue weighted by Crippen LogP contribution is -2.42. The molecular weight excluding hydrogens is 298 g/mol. The summed E-state index contributed by atoms with van der Waals surface area (Å²) in [5, 5.41) is 2.78. The van der Waals surface area contributed by atoms with E-state index in [1.807, 2.05) is 20.8 Å². The Balaban J connectivity index is 3.05. The Labute approximate surface area is 137 Å². The first-order valence-corrected chi connectivity index (χ1v) is 7.72. The van der Waals surface area contributed by atoms with Crippen LogP contribution < -0.4 is 10.1 Å². The zero-order valence-corrected chi connectivity index (χ0v) is 14.4. The molecule has 0 spiro atoms. The maximum absolute atomic E-state index is 12.4. The summed E-state index contributed by atoms with van der Waals surface area (Å²) in [6, 6.07) is 4.85. The highest BCUT2D eigenvalue weighted by molar-refractivity contribution is 5.99. The first-order chi connectivity index (χ1) is 10.9. The molecule has 23 heavy (non-hydrogen) atoms. The van der Waals surface area contributed by atoms with Gasteiger partial charge in [-0.1, -0.05) is 6.92 Å². The van der Waals surface area contributed by atoms with E-state index in [0.29, 0.717) is 31.1 Å². The third-order valence-corrected chi connectivity index (χ3v) is 3.56. The fraction of sp³-hybridized carbons (Fsp3) is 0.529. The van der Waals surface area contributed by atoms with E-state index in [4.69, 9.17) is 14.2 Å². The number of nitrogens with one attached hydrogen (secondary N) is 1. The molecule has 1 aromatic carbocycles. The fourth-order valence-electron chi connectivity index (χ4n) is 2.07. The van der Waals surface area contributed by atoms with Crippen LogP contribution in [0, 0.1) is 0 Å². The third kappa shape index (κ3) is 4.69. The average Bonchev–Trinajstić information content (AvgIpc) is 2.55. The van der Waals surface area contributed by atoms with Crippen LogP contribution in [0.5, 0.6) is 5.75 Å². The van der Waals surface area contributed by atoms with Gasteiger partial charge in [-0.3, -0.25) is 4.79 Å². The number of carbonyl (C=O) groups is 2. The predicted molar refractivity (Wildman–Crippen MR) is 87.9 cm³/mol. The second-order valence-corrected chi connectivity index (χ2v) is 5.11. The quantitative estimate of drug-likeness (QED) is 0.744. The molecule has 0 heterocycles. The summed E-state index contributed by atoms with van der Waals surface area (Å²) in [5.74, 6) is -0.366. The topological polar surface area (TPSA) is 73.9 Å². The number of rotatable bonds is 8. The normalized spacial score (nSPS) is 13.1. The standard InChI is InChI=1S/C17H25NO5/c1-6-17(4,23-8-3)16(20)18-12-9-10-14(22-7-2)13(11-12)15(19)21-5/h9-11H,6-8H2,1-5H3,(H,18,20)/t17-/m1/s1. The van der Waals surface area contributed by atoms with E-state index in [-0.39, 0.29) is 11.5 Å². The zero-order chi connectivity index (χ0) is 17.5. The SMILES string of the molecule is CCOc1ccc(NC(=O)[C@@](C)(CC)OCC)cc1C(=O)OC. The second kappa shape index (κ2) is 8.53. The average molecular weight is 323 g/mol. The van der Waals surface area contributed by atoms with Crippen molar-refractivity contribution in [3.05, 3.63) is 23.8 Å². The maximum Gasteiger partial charge on any atom is 0.341 e. The molecule has 0 aromatic heterocycles. The summed E-state index contributed by atoms with van der Waals surface area (Å²) in [5.41, 5.74) is -0.168. The van der Waals surface area contributed by atoms with Gasteiger partial charge in [0, 0.05) is 12.3 Å². The molecule has 0 aliphatic carbocycles. The molecule has 1 rings (SSSR count). The highest BCUT2D eigenvalue weighted by atomic mass is 16.5. The number of amides is 1. The fourth-order valence-corrected chi connectivity index (χ4v) is 2.07. The van der Waals surface area contributed by atoms with Crippen LogP contribution in [-0.2, 0) is 14.3 Å². The summed E-state index contributed by atoms with van der Waals surface area (Å²) in [6.07, 6.45) is 0.535. The molecular formula is C17H25NO5. The minimum Gasteiger partial charge on any atom is -0.493 e. The molecule has 1 atom stereocenters. The van der Waals surface area contributed by atoms with Crippen molar-refractivity contribution in [1.82, 2.24) is 0 Å². The van der Waals surface area contributed by atoms with Crippen molar-refractivity contribution in [1.29, 1.82) is 0 Å². The minimum absolute atomic E-state index is 0.262. The van der Waals surface area contributed by atoms with Gasteiger partial charge in [0.25, 0.3) is 5.91 Å². The molecule has 0 aliphatic heterocycles. The monoisotopic (exact) mass is 323 g/mol. The van der Waals surface area contributed by atoms with E-state index in [9.17, 15) is 9.59 Å². The lowest BCUT2D eigenvalue weighted by molar-refractivity contribution is -0.139. The Kier molecular flexibility index (Phi) is 7.03. The van der Waals surface area contributed by atoms with Crippen LogP contribution in [0.3, 0.4) is 0 Å². The maximum atomic E-state index is 12.4. The minimum atomic E-state index is -0.918. The smallest absolute Gasteiger partial charge is 0.341 e. The van der Waals surface area contributed by atoms with Crippen LogP contribution in [0.1, 0.15) is 44.5 Å². The number of benzene rings is 1. The molecule has 1 amide bonds. The van der Waals surface area contributed by atoms with Gasteiger partial charge in [0.05, 0.1) is 13.7 Å². The van der Waals surface area contributed by atoms with Crippen LogP contribution >= 0.6 is 0 Å². The van der Waals surface area contributed by atoms with Gasteiger partial charge in [-0.05, 0) is 45.4 Å². The third-order valence-electron chi connectivity index (χ3n) is 3.56. The molecule has 0 unspecified atom stereocenters. The van der Waals surface area contributed by atoms with E-state index in [0.717, 1.165) is 0 Å². The summed E-state index contributed by atoms with van der Waals surface area (Å²) in [7, 11) is 1.30. The van der Waals surface area contributed by atoms with Crippen molar-refractivity contribution in [2.75, 3.05) is 25.6 Å². The molecule has 0 bridgehead atoms. The Morgan fingerprint density at radius 2 is 1.87 bits per heavy atom. The summed E-state index contributed by atoms with van der Waals surface area (Å²) < 4.78 is 15.7. The largest absolute Gasteiger partial charge is 0.493 e. The van der Waals surface area contributed by atoms with Crippen LogP contribution in [0.4, 0.5) is 5.69 Å². The summed E-state index contributed by atoms with van der Waals surface area (Å²) in [6.45, 7) is 8.15. The molecule has 0 saturated carbocycles. The highest BCUT2D eigenvalue weighted by Gasteiger charge is 2.32. The van der Waals surface area contributed by atoms with Crippen molar-refractivity contribution in [3.63, 3.8) is 0 Å². The first-order valence-electron chi connectivity index (χ1n) is 7.72. The number of carbonyl (C=O) groups excluding carboxylic acids is 2. The summed E-state index contributed by atoms with van der Waals surface area (Å²) in [4.78, 5) is 24.3. The van der Waals surface area contributed by atoms with E-state index < -0.39 is 11.6 Å². The van der Waals surface area contributed by atoms with Crippen molar-refractivity contribution < 1.29 is 23.8 Å². The molecule has 1 aromatic rings. The van der Waals surface area contributed by atoms with Gasteiger partial charge in [0.2, 0.25) is 0 Å². The van der Waals surface area contributed by atoms with E-state index in [2.05, 4.69) is 5.32 Å².